The highest BCUT2D eigenvalue weighted by molar-refractivity contribution is 5.94. The fourth-order valence-corrected chi connectivity index (χ4v) is 2.86. The lowest BCUT2D eigenvalue weighted by molar-refractivity contribution is 0.101. The molecule has 0 saturated carbocycles. The first-order valence-corrected chi connectivity index (χ1v) is 8.55. The molecule has 1 aliphatic carbocycles. The van der Waals surface area contributed by atoms with Crippen molar-refractivity contribution in [3.05, 3.63) is 77.3 Å². The van der Waals surface area contributed by atoms with Crippen molar-refractivity contribution in [3.8, 4) is 11.3 Å². The van der Waals surface area contributed by atoms with Crippen LogP contribution in [0.4, 0.5) is 4.79 Å². The van der Waals surface area contributed by atoms with Gasteiger partial charge in [0.1, 0.15) is 0 Å². The van der Waals surface area contributed by atoms with Crippen LogP contribution in [0.15, 0.2) is 65.8 Å². The van der Waals surface area contributed by atoms with Gasteiger partial charge in [0.2, 0.25) is 0 Å². The maximum atomic E-state index is 12.4. The summed E-state index contributed by atoms with van der Waals surface area (Å²) in [4.78, 5) is 28.1. The predicted molar refractivity (Wildman–Crippen MR) is 102 cm³/mol. The molecule has 0 unspecified atom stereocenters. The van der Waals surface area contributed by atoms with Gasteiger partial charge in [0.05, 0.1) is 16.6 Å². The molecule has 2 amide bonds. The average Bonchev–Trinajstić information content (AvgIpc) is 2.62. The lowest BCUT2D eigenvalue weighted by Crippen LogP contribution is -2.40. The van der Waals surface area contributed by atoms with Crippen LogP contribution in [0.5, 0.6) is 0 Å². The molecule has 1 aromatic rings. The third-order valence-corrected chi connectivity index (χ3v) is 4.40. The van der Waals surface area contributed by atoms with Crippen LogP contribution in [0.1, 0.15) is 36.7 Å². The zero-order valence-electron chi connectivity index (χ0n) is 15.4. The van der Waals surface area contributed by atoms with Gasteiger partial charge in [-0.15, -0.1) is 0 Å². The number of pyridine rings is 1. The summed E-state index contributed by atoms with van der Waals surface area (Å²) in [6, 6.07) is 15.4. The zero-order valence-corrected chi connectivity index (χ0v) is 15.4. The van der Waals surface area contributed by atoms with Crippen LogP contribution < -0.4 is 10.7 Å². The number of benzene rings is 2. The molecule has 0 bridgehead atoms. The molecule has 1 aliphatic heterocycles. The summed E-state index contributed by atoms with van der Waals surface area (Å²) in [7, 11) is 0. The van der Waals surface area contributed by atoms with Crippen molar-refractivity contribution < 1.29 is 14.8 Å². The molecule has 0 aromatic heterocycles. The van der Waals surface area contributed by atoms with Crippen LogP contribution in [0.3, 0.4) is 0 Å². The number of nitrogens with one attached hydrogen (secondary N) is 1. The number of hydrogen-bond donors (Lipinski definition) is 2. The molecule has 1 heterocycles. The minimum Gasteiger partial charge on any atom is -0.428 e. The van der Waals surface area contributed by atoms with Crippen LogP contribution in [0.2, 0.25) is 0 Å². The summed E-state index contributed by atoms with van der Waals surface area (Å²) >= 11 is 0. The van der Waals surface area contributed by atoms with Gasteiger partial charge in [0.15, 0.2) is 5.78 Å². The lowest BCUT2D eigenvalue weighted by atomic mass is 9.92. The molecule has 3 rings (SSSR count). The van der Waals surface area contributed by atoms with E-state index in [2.05, 4.69) is 10.3 Å². The van der Waals surface area contributed by atoms with Gasteiger partial charge in [-0.05, 0) is 50.6 Å². The quantitative estimate of drug-likeness (QED) is 0.551. The summed E-state index contributed by atoms with van der Waals surface area (Å²) in [5, 5.41) is 13.2. The molecule has 2 N–H and O–H groups in total. The minimum absolute atomic E-state index is 0.0304. The zero-order chi connectivity index (χ0) is 19.6. The molecule has 0 radical (unpaired) electrons. The molecule has 27 heavy (non-hydrogen) atoms. The Morgan fingerprint density at radius 1 is 1.07 bits per heavy atom. The van der Waals surface area contributed by atoms with Gasteiger partial charge in [-0.3, -0.25) is 4.79 Å². The van der Waals surface area contributed by atoms with Gasteiger partial charge in [0, 0.05) is 17.3 Å². The first-order chi connectivity index (χ1) is 12.8. The van der Waals surface area contributed by atoms with Gasteiger partial charge in [0.25, 0.3) is 0 Å². The molecular formula is C21H21N3O3. The number of fused-ring (bicyclic) bond motifs is 1. The van der Waals surface area contributed by atoms with E-state index in [1.807, 2.05) is 26.0 Å². The summed E-state index contributed by atoms with van der Waals surface area (Å²) in [5.74, 6) is -0.0304. The highest BCUT2D eigenvalue weighted by Gasteiger charge is 2.23. The van der Waals surface area contributed by atoms with E-state index in [-0.39, 0.29) is 5.78 Å². The van der Waals surface area contributed by atoms with Crippen molar-refractivity contribution in [1.82, 2.24) is 10.0 Å². The third-order valence-electron chi connectivity index (χ3n) is 4.40. The van der Waals surface area contributed by atoms with Crippen LogP contribution in [-0.4, -0.2) is 21.8 Å². The number of carbonyl (C=O) groups excluding carboxylic acids is 2. The van der Waals surface area contributed by atoms with Crippen molar-refractivity contribution >= 4 is 11.8 Å². The van der Waals surface area contributed by atoms with E-state index in [9.17, 15) is 14.8 Å². The van der Waals surface area contributed by atoms with E-state index < -0.39 is 11.6 Å². The Hall–Kier alpha value is -3.41. The standard InChI is InChI=1S/C21H21N3O3/c1-14(25)16-6-4-8-17(12-16)21(2,3)23-20(26)22-18-10-9-15-7-5-11-24(27)19(15)13-18/h4-13,27H,1-3H3,(H,23,26). The number of ketones is 1. The van der Waals surface area contributed by atoms with Crippen LogP contribution in [0, 0.1) is 0 Å². The third kappa shape index (κ3) is 4.06. The van der Waals surface area contributed by atoms with Gasteiger partial charge in [-0.2, -0.15) is 9.72 Å². The Morgan fingerprint density at radius 3 is 2.59 bits per heavy atom. The summed E-state index contributed by atoms with van der Waals surface area (Å²) in [5.41, 5.74) is 2.08. The number of amides is 2. The Labute approximate surface area is 157 Å². The topological polar surface area (TPSA) is 83.7 Å². The van der Waals surface area contributed by atoms with Crippen molar-refractivity contribution in [3.63, 3.8) is 0 Å². The van der Waals surface area contributed by atoms with E-state index in [1.54, 1.807) is 42.5 Å². The van der Waals surface area contributed by atoms with Gasteiger partial charge >= 0.3 is 6.03 Å². The fraction of sp³-hybridized carbons (Fsp3) is 0.190. The number of Topliss-reactive ketones (excluding diaryl/α,β-unsaturated/α-hetero) is 1. The van der Waals surface area contributed by atoms with Crippen molar-refractivity contribution in [2.45, 2.75) is 26.3 Å². The summed E-state index contributed by atoms with van der Waals surface area (Å²) in [6.45, 7) is 5.21. The molecule has 0 spiro atoms. The number of nitrogens with zero attached hydrogens (tertiary/aromatic N) is 2. The van der Waals surface area contributed by atoms with E-state index in [0.717, 1.165) is 15.9 Å². The Kier molecular flexibility index (Phi) is 4.81. The second kappa shape index (κ2) is 7.07. The number of aromatic nitrogens is 1. The molecular weight excluding hydrogens is 342 g/mol. The van der Waals surface area contributed by atoms with E-state index in [4.69, 9.17) is 0 Å². The highest BCUT2D eigenvalue weighted by atomic mass is 16.5. The number of urea groups is 1. The Bertz CT molecular complexity index is 1050. The van der Waals surface area contributed by atoms with Gasteiger partial charge in [-0.25, -0.2) is 4.79 Å². The minimum atomic E-state index is -0.709. The average molecular weight is 363 g/mol. The highest BCUT2D eigenvalue weighted by Crippen LogP contribution is 2.21. The normalized spacial score (nSPS) is 12.2. The van der Waals surface area contributed by atoms with Gasteiger partial charge < -0.3 is 10.5 Å². The van der Waals surface area contributed by atoms with Crippen molar-refractivity contribution in [1.29, 1.82) is 0 Å². The number of rotatable bonds is 3. The van der Waals surface area contributed by atoms with Crippen molar-refractivity contribution in [2.75, 3.05) is 0 Å². The molecule has 0 atom stereocenters. The molecule has 6 nitrogen and oxygen atoms in total. The van der Waals surface area contributed by atoms with Crippen LogP contribution >= 0.6 is 0 Å². The van der Waals surface area contributed by atoms with E-state index in [0.29, 0.717) is 16.6 Å². The SMILES string of the molecule is CC(=O)c1cccc(C(C)(C)NC(=O)N=c2ccc3cccn(O)c-3c2)c1. The first kappa shape index (κ1) is 18.4. The smallest absolute Gasteiger partial charge is 0.342 e. The number of hydrogen-bond acceptors (Lipinski definition) is 3. The Balaban J connectivity index is 1.88. The molecule has 0 fully saturated rings. The Morgan fingerprint density at radius 2 is 1.85 bits per heavy atom. The van der Waals surface area contributed by atoms with E-state index in [1.165, 1.54) is 13.1 Å². The summed E-state index contributed by atoms with van der Waals surface area (Å²) < 4.78 is 0.990. The van der Waals surface area contributed by atoms with Crippen molar-refractivity contribution in [2.24, 2.45) is 4.99 Å². The molecule has 6 heteroatoms. The largest absolute Gasteiger partial charge is 0.428 e. The van der Waals surface area contributed by atoms with Gasteiger partial charge in [-0.1, -0.05) is 30.3 Å². The second-order valence-electron chi connectivity index (χ2n) is 6.90. The molecule has 2 aliphatic rings. The lowest BCUT2D eigenvalue weighted by Gasteiger charge is -2.26. The summed E-state index contributed by atoms with van der Waals surface area (Å²) in [6.07, 6.45) is 1.51. The number of carbonyl (C=O) groups is 2. The molecule has 0 saturated heterocycles. The van der Waals surface area contributed by atoms with Crippen LogP contribution in [-0.2, 0) is 5.54 Å². The maximum absolute atomic E-state index is 12.4. The maximum Gasteiger partial charge on any atom is 0.342 e. The molecule has 1 aromatic carbocycles. The molecule has 138 valence electrons. The first-order valence-electron chi connectivity index (χ1n) is 8.55. The monoisotopic (exact) mass is 363 g/mol. The van der Waals surface area contributed by atoms with E-state index >= 15 is 0 Å². The second-order valence-corrected chi connectivity index (χ2v) is 6.90. The predicted octanol–water partition coefficient (Wildman–Crippen LogP) is 3.58. The van der Waals surface area contributed by atoms with Crippen LogP contribution in [0.25, 0.3) is 11.3 Å². The fourth-order valence-electron chi connectivity index (χ4n) is 2.86.